The Morgan fingerprint density at radius 2 is 2.08 bits per heavy atom. The maximum atomic E-state index is 12.1. The molecule has 0 aliphatic heterocycles. The number of H-pyrrole nitrogens is 1. The van der Waals surface area contributed by atoms with Gasteiger partial charge in [0.2, 0.25) is 5.91 Å². The van der Waals surface area contributed by atoms with Gasteiger partial charge in [0.15, 0.2) is 15.0 Å². The summed E-state index contributed by atoms with van der Waals surface area (Å²) in [5.41, 5.74) is 2.07. The summed E-state index contributed by atoms with van der Waals surface area (Å²) in [6.45, 7) is 3.26. The molecule has 2 heterocycles. The summed E-state index contributed by atoms with van der Waals surface area (Å²) in [6, 6.07) is 5.08. The van der Waals surface area contributed by atoms with Crippen molar-refractivity contribution in [1.82, 2.24) is 15.0 Å². The van der Waals surface area contributed by atoms with Crippen LogP contribution in [0.2, 0.25) is 0 Å². The van der Waals surface area contributed by atoms with Crippen LogP contribution in [-0.2, 0) is 14.6 Å². The zero-order valence-electron chi connectivity index (χ0n) is 13.8. The number of rotatable bonds is 4. The Balaban J connectivity index is 2.15. The fraction of sp³-hybridized carbons (Fsp3) is 0.188. The van der Waals surface area contributed by atoms with Gasteiger partial charge in [0.05, 0.1) is 15.5 Å². The maximum absolute atomic E-state index is 12.1. The number of carbonyl (C=O) groups is 1. The number of aromatic nitrogens is 3. The number of aromatic amines is 1. The number of hydrogen-bond donors (Lipinski definition) is 2. The van der Waals surface area contributed by atoms with E-state index in [2.05, 4.69) is 20.3 Å². The number of carbonyl (C=O) groups excluding carboxylic acids is 1. The van der Waals surface area contributed by atoms with Crippen LogP contribution < -0.4 is 5.32 Å². The molecule has 7 nitrogen and oxygen atoms in total. The molecule has 0 saturated carbocycles. The van der Waals surface area contributed by atoms with Gasteiger partial charge in [-0.05, 0) is 24.6 Å². The molecule has 0 unspecified atom stereocenters. The van der Waals surface area contributed by atoms with Gasteiger partial charge in [0.1, 0.15) is 5.82 Å². The minimum absolute atomic E-state index is 0.191. The van der Waals surface area contributed by atoms with Gasteiger partial charge in [-0.15, -0.1) is 0 Å². The molecule has 0 atom stereocenters. The first-order valence-electron chi connectivity index (χ1n) is 7.35. The van der Waals surface area contributed by atoms with E-state index in [-0.39, 0.29) is 10.8 Å². The minimum atomic E-state index is -3.41. The van der Waals surface area contributed by atoms with Gasteiger partial charge in [0.25, 0.3) is 0 Å². The van der Waals surface area contributed by atoms with Crippen molar-refractivity contribution in [1.29, 1.82) is 0 Å². The quantitative estimate of drug-likeness (QED) is 0.728. The van der Waals surface area contributed by atoms with Crippen molar-refractivity contribution in [3.63, 3.8) is 0 Å². The molecular weight excluding hydrogens is 360 g/mol. The number of aryl methyl sites for hydroxylation is 1. The molecule has 130 valence electrons. The number of anilines is 1. The van der Waals surface area contributed by atoms with Crippen LogP contribution in [0.15, 0.2) is 35.5 Å². The van der Waals surface area contributed by atoms with Gasteiger partial charge >= 0.3 is 0 Å². The molecule has 3 aromatic rings. The molecular formula is C16H16N4O3S2. The first kappa shape index (κ1) is 17.3. The van der Waals surface area contributed by atoms with Gasteiger partial charge in [-0.2, -0.15) is 0 Å². The smallest absolute Gasteiger partial charge is 0.223 e. The Labute approximate surface area is 149 Å². The van der Waals surface area contributed by atoms with Crippen molar-refractivity contribution >= 4 is 32.2 Å². The van der Waals surface area contributed by atoms with Gasteiger partial charge in [-0.1, -0.05) is 17.4 Å². The van der Waals surface area contributed by atoms with Crippen LogP contribution in [0.3, 0.4) is 0 Å². The Morgan fingerprint density at radius 1 is 1.32 bits per heavy atom. The summed E-state index contributed by atoms with van der Waals surface area (Å²) in [6.07, 6.45) is 4.38. The topological polar surface area (TPSA) is 105 Å². The van der Waals surface area contributed by atoms with Crippen LogP contribution in [0.1, 0.15) is 12.6 Å². The van der Waals surface area contributed by atoms with E-state index in [1.807, 2.05) is 6.92 Å². The van der Waals surface area contributed by atoms with Crippen molar-refractivity contribution in [2.24, 2.45) is 0 Å². The highest BCUT2D eigenvalue weighted by atomic mass is 32.2. The van der Waals surface area contributed by atoms with E-state index < -0.39 is 9.84 Å². The number of sulfone groups is 1. The van der Waals surface area contributed by atoms with Crippen LogP contribution in [0, 0.1) is 6.92 Å². The third-order valence-electron chi connectivity index (χ3n) is 3.47. The SMILES string of the molecule is CC(=O)Nc1nc(C)c(-c2ccc(S(C)(=O)=O)c(-c3ncc[nH]3)c2)s1. The number of imidazole rings is 1. The van der Waals surface area contributed by atoms with Crippen molar-refractivity contribution in [3.05, 3.63) is 36.3 Å². The molecule has 25 heavy (non-hydrogen) atoms. The second-order valence-corrected chi connectivity index (χ2v) is 8.52. The highest BCUT2D eigenvalue weighted by Gasteiger charge is 2.19. The normalized spacial score (nSPS) is 11.5. The molecule has 0 fully saturated rings. The number of nitrogens with one attached hydrogen (secondary N) is 2. The Bertz CT molecular complexity index is 1040. The van der Waals surface area contributed by atoms with Gasteiger partial charge in [-0.3, -0.25) is 4.79 Å². The summed E-state index contributed by atoms with van der Waals surface area (Å²) in [5, 5.41) is 3.17. The first-order chi connectivity index (χ1) is 11.8. The Morgan fingerprint density at radius 3 is 2.68 bits per heavy atom. The monoisotopic (exact) mass is 376 g/mol. The third kappa shape index (κ3) is 3.62. The third-order valence-corrected chi connectivity index (χ3v) is 5.75. The molecule has 9 heteroatoms. The van der Waals surface area contributed by atoms with E-state index in [9.17, 15) is 13.2 Å². The zero-order chi connectivity index (χ0) is 18.2. The number of hydrogen-bond acceptors (Lipinski definition) is 6. The van der Waals surface area contributed by atoms with Crippen molar-refractivity contribution in [3.8, 4) is 21.8 Å². The molecule has 0 spiro atoms. The van der Waals surface area contributed by atoms with Crippen LogP contribution >= 0.6 is 11.3 Å². The molecule has 0 bridgehead atoms. The van der Waals surface area contributed by atoms with E-state index >= 15 is 0 Å². The average molecular weight is 376 g/mol. The predicted octanol–water partition coefficient (Wildman–Crippen LogP) is 2.87. The van der Waals surface area contributed by atoms with Gasteiger partial charge < -0.3 is 10.3 Å². The summed E-state index contributed by atoms with van der Waals surface area (Å²) in [4.78, 5) is 23.7. The number of amides is 1. The summed E-state index contributed by atoms with van der Waals surface area (Å²) >= 11 is 1.34. The van der Waals surface area contributed by atoms with Crippen LogP contribution in [0.4, 0.5) is 5.13 Å². The van der Waals surface area contributed by atoms with Crippen LogP contribution in [0.25, 0.3) is 21.8 Å². The van der Waals surface area contributed by atoms with Gasteiger partial charge in [-0.25, -0.2) is 18.4 Å². The number of nitrogens with zero attached hydrogens (tertiary/aromatic N) is 2. The number of benzene rings is 1. The lowest BCUT2D eigenvalue weighted by Crippen LogP contribution is -2.04. The van der Waals surface area contributed by atoms with Crippen molar-refractivity contribution in [2.45, 2.75) is 18.7 Å². The van der Waals surface area contributed by atoms with Gasteiger partial charge in [0, 0.05) is 31.1 Å². The van der Waals surface area contributed by atoms with Crippen LogP contribution in [0.5, 0.6) is 0 Å². The van der Waals surface area contributed by atoms with Crippen molar-refractivity contribution < 1.29 is 13.2 Å². The first-order valence-corrected chi connectivity index (χ1v) is 10.1. The fourth-order valence-corrected chi connectivity index (χ4v) is 4.34. The Hall–Kier alpha value is -2.52. The minimum Gasteiger partial charge on any atom is -0.345 e. The second kappa shape index (κ2) is 6.41. The number of thiazole rings is 1. The van der Waals surface area contributed by atoms with E-state index in [0.717, 1.165) is 16.1 Å². The van der Waals surface area contributed by atoms with E-state index in [0.29, 0.717) is 16.5 Å². The molecule has 0 aliphatic rings. The molecule has 1 amide bonds. The van der Waals surface area contributed by atoms with E-state index in [1.54, 1.807) is 30.6 Å². The molecule has 0 radical (unpaired) electrons. The van der Waals surface area contributed by atoms with E-state index in [4.69, 9.17) is 0 Å². The zero-order valence-corrected chi connectivity index (χ0v) is 15.5. The van der Waals surface area contributed by atoms with E-state index in [1.165, 1.54) is 24.5 Å². The average Bonchev–Trinajstić information content (AvgIpc) is 3.15. The molecule has 2 aromatic heterocycles. The summed E-state index contributed by atoms with van der Waals surface area (Å²) in [5.74, 6) is 0.288. The maximum Gasteiger partial charge on any atom is 0.223 e. The summed E-state index contributed by atoms with van der Waals surface area (Å²) in [7, 11) is -3.41. The molecule has 0 saturated heterocycles. The fourth-order valence-electron chi connectivity index (χ4n) is 2.46. The molecule has 3 rings (SSSR count). The lowest BCUT2D eigenvalue weighted by atomic mass is 10.1. The highest BCUT2D eigenvalue weighted by molar-refractivity contribution is 7.90. The lowest BCUT2D eigenvalue weighted by molar-refractivity contribution is -0.114. The predicted molar refractivity (Wildman–Crippen MR) is 97.3 cm³/mol. The Kier molecular flexibility index (Phi) is 4.44. The standard InChI is InChI=1S/C16H16N4O3S2/c1-9-14(24-16(19-9)20-10(2)21)11-4-5-13(25(3,22)23)12(8-11)15-17-6-7-18-15/h4-8H,1-3H3,(H,17,18)(H,19,20,21). The second-order valence-electron chi connectivity index (χ2n) is 5.54. The lowest BCUT2D eigenvalue weighted by Gasteiger charge is -2.08. The molecule has 0 aliphatic carbocycles. The van der Waals surface area contributed by atoms with Crippen LogP contribution in [-0.4, -0.2) is 35.5 Å². The largest absolute Gasteiger partial charge is 0.345 e. The van der Waals surface area contributed by atoms with Crippen molar-refractivity contribution in [2.75, 3.05) is 11.6 Å². The summed E-state index contributed by atoms with van der Waals surface area (Å²) < 4.78 is 24.2. The molecule has 1 aromatic carbocycles. The molecule has 2 N–H and O–H groups in total. The highest BCUT2D eigenvalue weighted by Crippen LogP contribution is 2.36.